The molecule has 2 N–H and O–H groups in total. The zero-order chi connectivity index (χ0) is 31.0. The van der Waals surface area contributed by atoms with E-state index in [1.54, 1.807) is 20.2 Å². The number of amides is 3. The van der Waals surface area contributed by atoms with Crippen LogP contribution in [0.5, 0.6) is 5.75 Å². The number of fused-ring (bicyclic) bond motifs is 1. The summed E-state index contributed by atoms with van der Waals surface area (Å²) < 4.78 is 62.3. The maximum atomic E-state index is 13.5. The monoisotopic (exact) mass is 613 g/mol. The molecule has 3 rings (SSSR count). The second-order valence-corrected chi connectivity index (χ2v) is 10.0. The number of rotatable bonds is 12. The van der Waals surface area contributed by atoms with E-state index < -0.39 is 41.9 Å². The molecule has 0 radical (unpaired) electrons. The molecule has 0 aliphatic carbocycles. The molecule has 1 atom stereocenters. The number of carbonyl (C=O) groups is 3. The molecule has 0 saturated heterocycles. The Kier molecular flexibility index (Phi) is 10.6. The molecular weight excluding hydrogens is 586 g/mol. The maximum absolute atomic E-state index is 13.5. The minimum Gasteiger partial charge on any atom is -0.453 e. The number of alkyl carbamates (subject to hydrolysis) is 1. The Bertz CT molecular complexity index is 1520. The van der Waals surface area contributed by atoms with Crippen molar-refractivity contribution in [2.75, 3.05) is 26.5 Å². The van der Waals surface area contributed by atoms with Gasteiger partial charge in [0.25, 0.3) is 5.56 Å². The van der Waals surface area contributed by atoms with Gasteiger partial charge in [0, 0.05) is 20.3 Å². The largest absolute Gasteiger partial charge is 0.461 e. The van der Waals surface area contributed by atoms with Crippen LogP contribution in [0.2, 0.25) is 0 Å². The molecule has 3 aromatic rings. The molecule has 0 aliphatic heterocycles. The number of allylic oxidation sites excluding steroid dienone is 1. The van der Waals surface area contributed by atoms with Crippen molar-refractivity contribution in [2.45, 2.75) is 38.0 Å². The highest BCUT2D eigenvalue weighted by atomic mass is 32.1. The van der Waals surface area contributed by atoms with Crippen LogP contribution in [-0.4, -0.2) is 72.1 Å². The molecule has 11 nitrogen and oxygen atoms in total. The van der Waals surface area contributed by atoms with Gasteiger partial charge in [0.05, 0.1) is 23.9 Å². The average molecular weight is 614 g/mol. The first kappa shape index (κ1) is 32.0. The summed E-state index contributed by atoms with van der Waals surface area (Å²) in [5.74, 6) is -1.46. The lowest BCUT2D eigenvalue weighted by atomic mass is 10.1. The van der Waals surface area contributed by atoms with Crippen molar-refractivity contribution in [2.24, 2.45) is 0 Å². The number of hydrogen-bond acceptors (Lipinski definition) is 8. The number of methoxy groups -OCH3 is 1. The van der Waals surface area contributed by atoms with Gasteiger partial charge < -0.3 is 29.6 Å². The number of pyridine rings is 1. The number of aromatic nitrogens is 2. The van der Waals surface area contributed by atoms with Gasteiger partial charge >= 0.3 is 18.6 Å². The minimum atomic E-state index is -4.71. The van der Waals surface area contributed by atoms with Crippen LogP contribution in [0.25, 0.3) is 10.2 Å². The summed E-state index contributed by atoms with van der Waals surface area (Å²) in [4.78, 5) is 55.2. The summed E-state index contributed by atoms with van der Waals surface area (Å²) in [6.07, 6.45) is -5.02. The summed E-state index contributed by atoms with van der Waals surface area (Å²) in [6.45, 7) is -0.138. The number of likely N-dealkylation sites (N-methyl/N-ethyl adjacent to an activating group) is 1. The number of nitrogens with one attached hydrogen (secondary N) is 2. The second kappa shape index (κ2) is 13.9. The number of thiazole rings is 1. The van der Waals surface area contributed by atoms with Gasteiger partial charge in [0.15, 0.2) is 0 Å². The SMILES string of the molecule is COC(=O)NC(CC/C=C/C(=O)N(C)C)C(=O)Nc1cccn(Cc2nc3cccc(OC(F)(F)C(F)F)c3s2)c1=O. The lowest BCUT2D eigenvalue weighted by molar-refractivity contribution is -0.252. The molecule has 2 heterocycles. The predicted octanol–water partition coefficient (Wildman–Crippen LogP) is 3.83. The molecule has 16 heteroatoms. The van der Waals surface area contributed by atoms with Crippen molar-refractivity contribution in [1.82, 2.24) is 19.8 Å². The standard InChI is InChI=1S/C26H27F4N5O6S/c1-34(2)20(36)12-5-4-8-16(33-25(39)40-3)22(37)32-17-10-7-13-35(23(17)38)14-19-31-15-9-6-11-18(21(15)42-19)41-26(29,30)24(27)28/h5-7,9-13,16,24H,4,8,14H2,1-3H3,(H,32,37)(H,33,39)/b12-5+. The van der Waals surface area contributed by atoms with Crippen LogP contribution in [0.3, 0.4) is 0 Å². The number of hydrogen-bond donors (Lipinski definition) is 2. The van der Waals surface area contributed by atoms with Crippen molar-refractivity contribution < 1.29 is 41.4 Å². The Hall–Kier alpha value is -4.47. The van der Waals surface area contributed by atoms with Gasteiger partial charge in [0.1, 0.15) is 22.5 Å². The van der Waals surface area contributed by atoms with Gasteiger partial charge in [-0.05, 0) is 43.2 Å². The number of carbonyl (C=O) groups excluding carboxylic acids is 3. The third-order valence-corrected chi connectivity index (χ3v) is 6.69. The molecule has 0 saturated carbocycles. The lowest BCUT2D eigenvalue weighted by Gasteiger charge is -2.17. The van der Waals surface area contributed by atoms with Crippen molar-refractivity contribution in [3.05, 3.63) is 64.0 Å². The van der Waals surface area contributed by atoms with E-state index in [4.69, 9.17) is 0 Å². The first-order valence-electron chi connectivity index (χ1n) is 12.3. The van der Waals surface area contributed by atoms with Crippen molar-refractivity contribution in [1.29, 1.82) is 0 Å². The lowest BCUT2D eigenvalue weighted by Crippen LogP contribution is -2.44. The first-order chi connectivity index (χ1) is 19.8. The Morgan fingerprint density at radius 3 is 2.60 bits per heavy atom. The number of alkyl halides is 4. The van der Waals surface area contributed by atoms with Crippen LogP contribution in [0, 0.1) is 0 Å². The third kappa shape index (κ3) is 8.28. The number of halogens is 4. The van der Waals surface area contributed by atoms with E-state index in [9.17, 15) is 36.7 Å². The fraction of sp³-hybridized carbons (Fsp3) is 0.346. The van der Waals surface area contributed by atoms with Crippen LogP contribution < -0.4 is 20.9 Å². The third-order valence-electron chi connectivity index (χ3n) is 5.62. The Balaban J connectivity index is 1.78. The molecule has 0 bridgehead atoms. The van der Waals surface area contributed by atoms with Crippen LogP contribution in [-0.2, 0) is 20.9 Å². The van der Waals surface area contributed by atoms with Gasteiger partial charge in [-0.15, -0.1) is 11.3 Å². The molecular formula is C26H27F4N5O6S. The fourth-order valence-corrected chi connectivity index (χ4v) is 4.51. The molecule has 226 valence electrons. The van der Waals surface area contributed by atoms with Gasteiger partial charge in [-0.25, -0.2) is 9.78 Å². The van der Waals surface area contributed by atoms with E-state index in [2.05, 4.69) is 25.1 Å². The normalized spacial score (nSPS) is 12.4. The van der Waals surface area contributed by atoms with Gasteiger partial charge in [0.2, 0.25) is 11.8 Å². The quantitative estimate of drug-likeness (QED) is 0.235. The highest BCUT2D eigenvalue weighted by molar-refractivity contribution is 7.19. The highest BCUT2D eigenvalue weighted by Gasteiger charge is 2.44. The maximum Gasteiger partial charge on any atom is 0.461 e. The van der Waals surface area contributed by atoms with Crippen LogP contribution in [0.4, 0.5) is 28.0 Å². The second-order valence-electron chi connectivity index (χ2n) is 8.92. The van der Waals surface area contributed by atoms with E-state index in [-0.39, 0.29) is 46.2 Å². The van der Waals surface area contributed by atoms with E-state index in [1.165, 1.54) is 46.0 Å². The summed E-state index contributed by atoms with van der Waals surface area (Å²) in [7, 11) is 4.28. The molecule has 0 aliphatic rings. The van der Waals surface area contributed by atoms with Crippen molar-refractivity contribution in [3.8, 4) is 5.75 Å². The average Bonchev–Trinajstić information content (AvgIpc) is 3.35. The predicted molar refractivity (Wildman–Crippen MR) is 146 cm³/mol. The molecule has 0 spiro atoms. The number of nitrogens with zero attached hydrogens (tertiary/aromatic N) is 3. The zero-order valence-electron chi connectivity index (χ0n) is 22.6. The Morgan fingerprint density at radius 2 is 1.93 bits per heavy atom. The van der Waals surface area contributed by atoms with E-state index >= 15 is 0 Å². The van der Waals surface area contributed by atoms with Crippen LogP contribution in [0.15, 0.2) is 53.5 Å². The smallest absolute Gasteiger partial charge is 0.453 e. The molecule has 2 aromatic heterocycles. The highest BCUT2D eigenvalue weighted by Crippen LogP contribution is 2.36. The topological polar surface area (TPSA) is 132 Å². The summed E-state index contributed by atoms with van der Waals surface area (Å²) in [5.41, 5.74) is -0.563. The van der Waals surface area contributed by atoms with Gasteiger partial charge in [-0.1, -0.05) is 12.1 Å². The zero-order valence-corrected chi connectivity index (χ0v) is 23.4. The van der Waals surface area contributed by atoms with Gasteiger partial charge in [-0.2, -0.15) is 17.6 Å². The van der Waals surface area contributed by atoms with Crippen LogP contribution >= 0.6 is 11.3 Å². The van der Waals surface area contributed by atoms with Crippen molar-refractivity contribution >= 4 is 45.1 Å². The minimum absolute atomic E-state index is 0.0832. The fourth-order valence-electron chi connectivity index (χ4n) is 3.50. The molecule has 1 unspecified atom stereocenters. The number of anilines is 1. The Morgan fingerprint density at radius 1 is 1.19 bits per heavy atom. The van der Waals surface area contributed by atoms with Gasteiger partial charge in [-0.3, -0.25) is 14.4 Å². The Labute approximate surface area is 240 Å². The molecule has 3 amide bonds. The summed E-state index contributed by atoms with van der Waals surface area (Å²) in [5, 5.41) is 5.13. The van der Waals surface area contributed by atoms with E-state index in [1.807, 2.05) is 0 Å². The molecule has 0 fully saturated rings. The number of benzene rings is 1. The van der Waals surface area contributed by atoms with E-state index in [0.29, 0.717) is 0 Å². The first-order valence-corrected chi connectivity index (χ1v) is 13.1. The summed E-state index contributed by atoms with van der Waals surface area (Å²) in [6, 6.07) is 5.61. The number of ether oxygens (including phenoxy) is 2. The molecule has 42 heavy (non-hydrogen) atoms. The molecule has 1 aromatic carbocycles. The summed E-state index contributed by atoms with van der Waals surface area (Å²) >= 11 is 0.872. The van der Waals surface area contributed by atoms with Crippen molar-refractivity contribution in [3.63, 3.8) is 0 Å². The van der Waals surface area contributed by atoms with Crippen LogP contribution in [0.1, 0.15) is 17.8 Å². The van der Waals surface area contributed by atoms with E-state index in [0.717, 1.165) is 24.5 Å².